The standard InChI is InChI=1S/C27H32N2O5/c1-4-28(5-2)16-9-17-29-25(20-13-15-21(30)23(18-20)34-3)24(26(32)27(29)33)22(31)14-12-19-10-7-6-8-11-19/h6-8,10-15,18,25,30,32H,4-5,9,16-17H2,1-3H3/b14-12+. The van der Waals surface area contributed by atoms with Gasteiger partial charge in [0.1, 0.15) is 0 Å². The number of rotatable bonds is 11. The summed E-state index contributed by atoms with van der Waals surface area (Å²) in [5.41, 5.74) is 1.43. The fraction of sp³-hybridized carbons (Fsp3) is 0.333. The topological polar surface area (TPSA) is 90.3 Å². The van der Waals surface area contributed by atoms with Gasteiger partial charge in [-0.2, -0.15) is 0 Å². The molecule has 1 aliphatic heterocycles. The third-order valence-electron chi connectivity index (χ3n) is 6.08. The molecule has 7 heteroatoms. The molecule has 1 aliphatic rings. The lowest BCUT2D eigenvalue weighted by Gasteiger charge is -2.28. The SMILES string of the molecule is CCN(CC)CCCN1C(=O)C(O)=C(C(=O)/C=C/c2ccccc2)C1c1ccc(O)c(OC)c1. The lowest BCUT2D eigenvalue weighted by atomic mass is 9.95. The fourth-order valence-electron chi connectivity index (χ4n) is 4.18. The van der Waals surface area contributed by atoms with Crippen LogP contribution in [0.4, 0.5) is 0 Å². The molecule has 0 saturated carbocycles. The van der Waals surface area contributed by atoms with Gasteiger partial charge in [-0.15, -0.1) is 0 Å². The van der Waals surface area contributed by atoms with E-state index in [9.17, 15) is 19.8 Å². The molecule has 1 atom stereocenters. The number of phenolic OH excluding ortho intramolecular Hbond substituents is 1. The van der Waals surface area contributed by atoms with Crippen molar-refractivity contribution >= 4 is 17.8 Å². The van der Waals surface area contributed by atoms with E-state index in [2.05, 4.69) is 18.7 Å². The molecule has 1 heterocycles. The minimum absolute atomic E-state index is 0.0211. The third-order valence-corrected chi connectivity index (χ3v) is 6.08. The molecule has 0 radical (unpaired) electrons. The van der Waals surface area contributed by atoms with E-state index in [4.69, 9.17) is 4.74 Å². The van der Waals surface area contributed by atoms with Gasteiger partial charge in [-0.25, -0.2) is 0 Å². The minimum atomic E-state index is -0.786. The van der Waals surface area contributed by atoms with E-state index in [1.165, 1.54) is 24.2 Å². The van der Waals surface area contributed by atoms with Crippen molar-refractivity contribution in [1.82, 2.24) is 9.80 Å². The van der Waals surface area contributed by atoms with E-state index >= 15 is 0 Å². The number of hydrogen-bond acceptors (Lipinski definition) is 6. The first kappa shape index (κ1) is 25.1. The van der Waals surface area contributed by atoms with Crippen molar-refractivity contribution in [3.63, 3.8) is 0 Å². The Kier molecular flexibility index (Phi) is 8.49. The highest BCUT2D eigenvalue weighted by Crippen LogP contribution is 2.40. The number of allylic oxidation sites excluding steroid dienone is 1. The zero-order valence-corrected chi connectivity index (χ0v) is 19.9. The fourth-order valence-corrected chi connectivity index (χ4v) is 4.18. The molecule has 34 heavy (non-hydrogen) atoms. The number of nitrogens with zero attached hydrogens (tertiary/aromatic N) is 2. The van der Waals surface area contributed by atoms with Gasteiger partial charge >= 0.3 is 0 Å². The maximum Gasteiger partial charge on any atom is 0.290 e. The average molecular weight is 465 g/mol. The molecule has 2 aromatic carbocycles. The Labute approximate surface area is 200 Å². The number of benzene rings is 2. The van der Waals surface area contributed by atoms with Crippen LogP contribution in [0.5, 0.6) is 11.5 Å². The van der Waals surface area contributed by atoms with Crippen LogP contribution in [0.3, 0.4) is 0 Å². The summed E-state index contributed by atoms with van der Waals surface area (Å²) >= 11 is 0. The summed E-state index contributed by atoms with van der Waals surface area (Å²) in [4.78, 5) is 30.1. The Balaban J connectivity index is 1.95. The van der Waals surface area contributed by atoms with Gasteiger partial charge in [0.2, 0.25) is 0 Å². The number of ketones is 1. The first-order valence-electron chi connectivity index (χ1n) is 11.5. The first-order valence-corrected chi connectivity index (χ1v) is 11.5. The van der Waals surface area contributed by atoms with Crippen LogP contribution in [0, 0.1) is 0 Å². The van der Waals surface area contributed by atoms with Crippen molar-refractivity contribution in [2.24, 2.45) is 0 Å². The van der Waals surface area contributed by atoms with Crippen molar-refractivity contribution in [1.29, 1.82) is 0 Å². The zero-order valence-electron chi connectivity index (χ0n) is 19.9. The Bertz CT molecular complexity index is 1070. The van der Waals surface area contributed by atoms with E-state index in [0.29, 0.717) is 18.5 Å². The number of phenols is 1. The third kappa shape index (κ3) is 5.48. The van der Waals surface area contributed by atoms with Gasteiger partial charge in [0.25, 0.3) is 5.91 Å². The number of amides is 1. The van der Waals surface area contributed by atoms with Crippen molar-refractivity contribution in [3.05, 3.63) is 77.1 Å². The molecule has 180 valence electrons. The van der Waals surface area contributed by atoms with Crippen molar-refractivity contribution in [2.45, 2.75) is 26.3 Å². The Hall–Kier alpha value is -3.58. The molecular formula is C27H32N2O5. The molecule has 0 aliphatic carbocycles. The van der Waals surface area contributed by atoms with E-state index in [1.807, 2.05) is 30.3 Å². The number of carbonyl (C=O) groups excluding carboxylic acids is 2. The number of ether oxygens (including phenoxy) is 1. The van der Waals surface area contributed by atoms with Gasteiger partial charge in [0.15, 0.2) is 23.0 Å². The molecule has 0 spiro atoms. The summed E-state index contributed by atoms with van der Waals surface area (Å²) in [7, 11) is 1.43. The van der Waals surface area contributed by atoms with Gasteiger partial charge in [-0.05, 0) is 55.4 Å². The summed E-state index contributed by atoms with van der Waals surface area (Å²) in [6.07, 6.45) is 3.72. The highest BCUT2D eigenvalue weighted by Gasteiger charge is 2.42. The van der Waals surface area contributed by atoms with Crippen molar-refractivity contribution in [3.8, 4) is 11.5 Å². The summed E-state index contributed by atoms with van der Waals surface area (Å²) < 4.78 is 5.24. The predicted molar refractivity (Wildman–Crippen MR) is 132 cm³/mol. The molecular weight excluding hydrogens is 432 g/mol. The molecule has 1 unspecified atom stereocenters. The Morgan fingerprint density at radius 1 is 1.12 bits per heavy atom. The Morgan fingerprint density at radius 3 is 2.47 bits per heavy atom. The first-order chi connectivity index (χ1) is 16.4. The Morgan fingerprint density at radius 2 is 1.82 bits per heavy atom. The van der Waals surface area contributed by atoms with Gasteiger partial charge in [-0.3, -0.25) is 9.59 Å². The summed E-state index contributed by atoms with van der Waals surface area (Å²) in [5, 5.41) is 20.8. The number of aromatic hydroxyl groups is 1. The van der Waals surface area contributed by atoms with Crippen LogP contribution in [-0.2, 0) is 9.59 Å². The van der Waals surface area contributed by atoms with Gasteiger partial charge < -0.3 is 24.7 Å². The summed E-state index contributed by atoms with van der Waals surface area (Å²) in [6.45, 7) is 7.13. The summed E-state index contributed by atoms with van der Waals surface area (Å²) in [5.74, 6) is -1.38. The molecule has 2 N–H and O–H groups in total. The zero-order chi connectivity index (χ0) is 24.7. The van der Waals surface area contributed by atoms with Crippen LogP contribution in [0.25, 0.3) is 6.08 Å². The van der Waals surface area contributed by atoms with Gasteiger partial charge in [-0.1, -0.05) is 56.3 Å². The van der Waals surface area contributed by atoms with Crippen LogP contribution < -0.4 is 4.74 Å². The van der Waals surface area contributed by atoms with Crippen LogP contribution in [-0.4, -0.2) is 65.0 Å². The van der Waals surface area contributed by atoms with Crippen LogP contribution in [0.15, 0.2) is 65.9 Å². The largest absolute Gasteiger partial charge is 0.504 e. The monoisotopic (exact) mass is 464 g/mol. The number of aliphatic hydroxyl groups excluding tert-OH is 1. The maximum atomic E-state index is 13.2. The maximum absolute atomic E-state index is 13.2. The van der Waals surface area contributed by atoms with E-state index in [1.54, 1.807) is 18.2 Å². The second kappa shape index (κ2) is 11.5. The van der Waals surface area contributed by atoms with Crippen LogP contribution >= 0.6 is 0 Å². The van der Waals surface area contributed by atoms with Gasteiger partial charge in [0.05, 0.1) is 18.7 Å². The average Bonchev–Trinajstić information content (AvgIpc) is 3.11. The number of carbonyl (C=O) groups is 2. The highest BCUT2D eigenvalue weighted by atomic mass is 16.5. The highest BCUT2D eigenvalue weighted by molar-refractivity contribution is 6.14. The van der Waals surface area contributed by atoms with E-state index < -0.39 is 23.5 Å². The molecule has 0 bridgehead atoms. The van der Waals surface area contributed by atoms with Crippen LogP contribution in [0.2, 0.25) is 0 Å². The lowest BCUT2D eigenvalue weighted by Crippen LogP contribution is -2.34. The molecule has 0 saturated heterocycles. The minimum Gasteiger partial charge on any atom is -0.504 e. The molecule has 7 nitrogen and oxygen atoms in total. The molecule has 3 rings (SSSR count). The van der Waals surface area contributed by atoms with Crippen molar-refractivity contribution < 1.29 is 24.5 Å². The number of hydrogen-bond donors (Lipinski definition) is 2. The van der Waals surface area contributed by atoms with E-state index in [0.717, 1.165) is 25.2 Å². The predicted octanol–water partition coefficient (Wildman–Crippen LogP) is 4.11. The smallest absolute Gasteiger partial charge is 0.290 e. The molecule has 0 aromatic heterocycles. The number of aliphatic hydroxyl groups is 1. The molecule has 0 fully saturated rings. The number of methoxy groups -OCH3 is 1. The summed E-state index contributed by atoms with van der Waals surface area (Å²) in [6, 6.07) is 13.2. The lowest BCUT2D eigenvalue weighted by molar-refractivity contribution is -0.129. The molecule has 1 amide bonds. The molecule has 2 aromatic rings. The van der Waals surface area contributed by atoms with Crippen LogP contribution in [0.1, 0.15) is 37.4 Å². The van der Waals surface area contributed by atoms with E-state index in [-0.39, 0.29) is 17.1 Å². The normalized spacial score (nSPS) is 16.2. The van der Waals surface area contributed by atoms with Gasteiger partial charge in [0, 0.05) is 6.54 Å². The second-order valence-corrected chi connectivity index (χ2v) is 8.08. The van der Waals surface area contributed by atoms with Crippen molar-refractivity contribution in [2.75, 3.05) is 33.3 Å². The second-order valence-electron chi connectivity index (χ2n) is 8.08. The quantitative estimate of drug-likeness (QED) is 0.487.